The number of ether oxygens (including phenoxy) is 1. The molecule has 0 spiro atoms. The molecule has 128 valence electrons. The molecule has 23 heavy (non-hydrogen) atoms. The van der Waals surface area contributed by atoms with E-state index in [0.717, 1.165) is 4.57 Å². The van der Waals surface area contributed by atoms with Crippen LogP contribution in [0.2, 0.25) is 0 Å². The molecule has 0 aliphatic rings. The van der Waals surface area contributed by atoms with Crippen LogP contribution in [-0.2, 0) is 16.3 Å². The van der Waals surface area contributed by atoms with Gasteiger partial charge in [-0.05, 0) is 0 Å². The number of anilines is 1. The fraction of sp³-hybridized carbons (Fsp3) is 0.417. The van der Waals surface area contributed by atoms with Gasteiger partial charge in [0.2, 0.25) is 0 Å². The predicted octanol–water partition coefficient (Wildman–Crippen LogP) is -0.516. The van der Waals surface area contributed by atoms with Crippen molar-refractivity contribution in [3.8, 4) is 0 Å². The van der Waals surface area contributed by atoms with E-state index in [1.807, 2.05) is 0 Å². The second-order valence-electron chi connectivity index (χ2n) is 4.20. The van der Waals surface area contributed by atoms with Crippen LogP contribution in [0.25, 0.3) is 6.08 Å². The fourth-order valence-corrected chi connectivity index (χ4v) is 1.41. The third-order valence-corrected chi connectivity index (χ3v) is 2.45. The van der Waals surface area contributed by atoms with Gasteiger partial charge in [-0.15, -0.1) is 0 Å². The van der Waals surface area contributed by atoms with Crippen molar-refractivity contribution in [3.05, 3.63) is 28.3 Å². The zero-order valence-electron chi connectivity index (χ0n) is 11.8. The molecule has 1 rings (SSSR count). The number of aliphatic hydroxyl groups excluding tert-OH is 1. The standard InChI is InChI=1S/C12H15F3N4O4/c13-12(14,15)10(21)17-3-1-2-8-6-19(7-23-5-4-20)11(22)18-9(8)16/h1-2,6,20H,3-5,7H2,(H,17,21)(H2,16,18,22)/b2-1+. The Kier molecular flexibility index (Phi) is 6.72. The Morgan fingerprint density at radius 1 is 1.52 bits per heavy atom. The number of aliphatic hydroxyl groups is 1. The molecule has 0 bridgehead atoms. The molecule has 4 N–H and O–H groups in total. The number of aromatic nitrogens is 2. The predicted molar refractivity (Wildman–Crippen MR) is 74.0 cm³/mol. The van der Waals surface area contributed by atoms with E-state index in [2.05, 4.69) is 4.98 Å². The van der Waals surface area contributed by atoms with Crippen LogP contribution in [0.4, 0.5) is 19.0 Å². The van der Waals surface area contributed by atoms with Gasteiger partial charge in [0.15, 0.2) is 0 Å². The van der Waals surface area contributed by atoms with Crippen molar-refractivity contribution in [2.45, 2.75) is 12.9 Å². The topological polar surface area (TPSA) is 119 Å². The Labute approximate surface area is 128 Å². The van der Waals surface area contributed by atoms with E-state index in [1.54, 1.807) is 5.32 Å². The zero-order valence-corrected chi connectivity index (χ0v) is 11.8. The molecule has 1 aromatic heterocycles. The molecule has 0 fully saturated rings. The number of rotatable bonds is 7. The monoisotopic (exact) mass is 336 g/mol. The molecular formula is C12H15F3N4O4. The summed E-state index contributed by atoms with van der Waals surface area (Å²) in [6, 6.07) is 0. The number of nitrogens with one attached hydrogen (secondary N) is 1. The SMILES string of the molecule is Nc1nc(=O)n(COCCO)cc1/C=C/CNC(=O)C(F)(F)F. The molecule has 0 atom stereocenters. The van der Waals surface area contributed by atoms with E-state index in [1.165, 1.54) is 18.3 Å². The smallest absolute Gasteiger partial charge is 0.394 e. The Hall–Kier alpha value is -2.40. The first-order valence-corrected chi connectivity index (χ1v) is 6.33. The van der Waals surface area contributed by atoms with E-state index in [0.29, 0.717) is 0 Å². The van der Waals surface area contributed by atoms with Gasteiger partial charge >= 0.3 is 17.8 Å². The van der Waals surface area contributed by atoms with E-state index in [9.17, 15) is 22.8 Å². The van der Waals surface area contributed by atoms with Gasteiger partial charge in [0, 0.05) is 18.3 Å². The molecule has 0 saturated carbocycles. The summed E-state index contributed by atoms with van der Waals surface area (Å²) in [7, 11) is 0. The average molecular weight is 336 g/mol. The van der Waals surface area contributed by atoms with Crippen LogP contribution in [0.1, 0.15) is 5.56 Å². The number of nitrogen functional groups attached to an aromatic ring is 1. The van der Waals surface area contributed by atoms with Crippen LogP contribution in [0.3, 0.4) is 0 Å². The number of hydrogen-bond donors (Lipinski definition) is 3. The number of amides is 1. The van der Waals surface area contributed by atoms with Crippen molar-refractivity contribution in [2.24, 2.45) is 0 Å². The maximum absolute atomic E-state index is 12.0. The molecule has 0 radical (unpaired) electrons. The maximum Gasteiger partial charge on any atom is 0.471 e. The number of carbonyl (C=O) groups excluding carboxylic acids is 1. The highest BCUT2D eigenvalue weighted by Gasteiger charge is 2.37. The van der Waals surface area contributed by atoms with E-state index >= 15 is 0 Å². The van der Waals surface area contributed by atoms with E-state index < -0.39 is 17.8 Å². The lowest BCUT2D eigenvalue weighted by atomic mass is 10.3. The average Bonchev–Trinajstić information content (AvgIpc) is 2.46. The van der Waals surface area contributed by atoms with Gasteiger partial charge in [-0.25, -0.2) is 4.79 Å². The molecule has 0 aliphatic heterocycles. The number of hydrogen-bond acceptors (Lipinski definition) is 6. The highest BCUT2D eigenvalue weighted by atomic mass is 19.4. The van der Waals surface area contributed by atoms with Crippen LogP contribution >= 0.6 is 0 Å². The normalized spacial score (nSPS) is 11.8. The molecule has 0 saturated heterocycles. The van der Waals surface area contributed by atoms with Crippen molar-refractivity contribution in [1.82, 2.24) is 14.9 Å². The lowest BCUT2D eigenvalue weighted by Crippen LogP contribution is -2.36. The fourth-order valence-electron chi connectivity index (χ4n) is 1.41. The van der Waals surface area contributed by atoms with Crippen molar-refractivity contribution in [3.63, 3.8) is 0 Å². The Morgan fingerprint density at radius 3 is 2.83 bits per heavy atom. The van der Waals surface area contributed by atoms with Gasteiger partial charge in [0.05, 0.1) is 13.2 Å². The van der Waals surface area contributed by atoms with Crippen molar-refractivity contribution in [1.29, 1.82) is 0 Å². The van der Waals surface area contributed by atoms with Gasteiger partial charge in [-0.2, -0.15) is 18.2 Å². The number of carbonyl (C=O) groups is 1. The third-order valence-electron chi connectivity index (χ3n) is 2.45. The summed E-state index contributed by atoms with van der Waals surface area (Å²) in [5.74, 6) is -2.18. The summed E-state index contributed by atoms with van der Waals surface area (Å²) < 4.78 is 42.0. The van der Waals surface area contributed by atoms with Crippen molar-refractivity contribution in [2.75, 3.05) is 25.5 Å². The second-order valence-corrected chi connectivity index (χ2v) is 4.20. The Bertz CT molecular complexity index is 628. The number of nitrogens with zero attached hydrogens (tertiary/aromatic N) is 2. The van der Waals surface area contributed by atoms with E-state index in [4.69, 9.17) is 15.6 Å². The largest absolute Gasteiger partial charge is 0.471 e. The van der Waals surface area contributed by atoms with Gasteiger partial charge in [0.1, 0.15) is 12.5 Å². The quantitative estimate of drug-likeness (QED) is 0.577. The van der Waals surface area contributed by atoms with Crippen molar-refractivity contribution < 1.29 is 27.8 Å². The minimum absolute atomic E-state index is 0.0193. The lowest BCUT2D eigenvalue weighted by Gasteiger charge is -2.08. The van der Waals surface area contributed by atoms with Gasteiger partial charge in [-0.1, -0.05) is 12.2 Å². The van der Waals surface area contributed by atoms with Crippen LogP contribution in [0, 0.1) is 0 Å². The van der Waals surface area contributed by atoms with Crippen LogP contribution in [-0.4, -0.2) is 46.5 Å². The lowest BCUT2D eigenvalue weighted by molar-refractivity contribution is -0.173. The Morgan fingerprint density at radius 2 is 2.22 bits per heavy atom. The number of nitrogens with two attached hydrogens (primary N) is 1. The molecule has 0 aliphatic carbocycles. The summed E-state index contributed by atoms with van der Waals surface area (Å²) in [5, 5.41) is 10.2. The Balaban J connectivity index is 2.72. The summed E-state index contributed by atoms with van der Waals surface area (Å²) in [6.07, 6.45) is -1.13. The molecule has 0 unspecified atom stereocenters. The summed E-state index contributed by atoms with van der Waals surface area (Å²) >= 11 is 0. The summed E-state index contributed by atoms with van der Waals surface area (Å²) in [5.41, 5.74) is 5.12. The first-order valence-electron chi connectivity index (χ1n) is 6.33. The number of alkyl halides is 3. The molecule has 1 heterocycles. The number of halogens is 3. The van der Waals surface area contributed by atoms with Crippen LogP contribution in [0.5, 0.6) is 0 Å². The molecule has 0 aromatic carbocycles. The minimum Gasteiger partial charge on any atom is -0.394 e. The molecule has 1 aromatic rings. The summed E-state index contributed by atoms with van der Waals surface area (Å²) in [6.45, 7) is -0.746. The van der Waals surface area contributed by atoms with Crippen LogP contribution < -0.4 is 16.7 Å². The van der Waals surface area contributed by atoms with E-state index in [-0.39, 0.29) is 37.9 Å². The molecular weight excluding hydrogens is 321 g/mol. The molecule has 1 amide bonds. The van der Waals surface area contributed by atoms with Crippen molar-refractivity contribution >= 4 is 17.8 Å². The first-order chi connectivity index (χ1) is 10.8. The summed E-state index contributed by atoms with van der Waals surface area (Å²) in [4.78, 5) is 25.7. The highest BCUT2D eigenvalue weighted by molar-refractivity contribution is 5.81. The first kappa shape index (κ1) is 18.6. The second kappa shape index (κ2) is 8.29. The van der Waals surface area contributed by atoms with Gasteiger partial charge in [0.25, 0.3) is 0 Å². The van der Waals surface area contributed by atoms with Crippen LogP contribution in [0.15, 0.2) is 17.1 Å². The highest BCUT2D eigenvalue weighted by Crippen LogP contribution is 2.14. The maximum atomic E-state index is 12.0. The van der Waals surface area contributed by atoms with Gasteiger partial charge in [-0.3, -0.25) is 9.36 Å². The molecule has 11 heteroatoms. The minimum atomic E-state index is -4.95. The third kappa shape index (κ3) is 6.08. The molecule has 8 nitrogen and oxygen atoms in total. The van der Waals surface area contributed by atoms with Gasteiger partial charge < -0.3 is 20.9 Å². The zero-order chi connectivity index (χ0) is 17.5.